The number of aliphatic carboxylic acids is 1. The molecule has 0 spiro atoms. The number of nitrogens with zero attached hydrogens (tertiary/aromatic N) is 2. The summed E-state index contributed by atoms with van der Waals surface area (Å²) in [5.74, 6) is -9.12. The molecule has 2 aromatic heterocycles. The van der Waals surface area contributed by atoms with Gasteiger partial charge in [0.1, 0.15) is 42.3 Å². The summed E-state index contributed by atoms with van der Waals surface area (Å²) in [6.45, 7) is 2.89. The van der Waals surface area contributed by atoms with Crippen LogP contribution in [0.1, 0.15) is 88.5 Å². The number of aromatic amines is 2. The lowest BCUT2D eigenvalue weighted by Gasteiger charge is -2.28. The Morgan fingerprint density at radius 2 is 1.14 bits per heavy atom. The van der Waals surface area contributed by atoms with Gasteiger partial charge in [0.25, 0.3) is 0 Å². The van der Waals surface area contributed by atoms with Crippen molar-refractivity contribution in [1.29, 1.82) is 0 Å². The fourth-order valence-corrected chi connectivity index (χ4v) is 8.39. The number of carboxylic acid groups (broad SMARTS) is 1. The first-order valence-electron chi connectivity index (χ1n) is 26.0. The molecule has 428 valence electrons. The number of imidazole rings is 1. The normalized spacial score (nSPS) is 13.6. The molecule has 0 saturated carbocycles. The maximum absolute atomic E-state index is 14.8. The minimum atomic E-state index is -1.73. The Hall–Kier alpha value is -8.88. The second kappa shape index (κ2) is 32.6. The number of carbonyl (C=O) groups excluding carboxylic acids is 9. The Kier molecular flexibility index (Phi) is 25.9. The van der Waals surface area contributed by atoms with Crippen LogP contribution in [0.5, 0.6) is 0 Å². The van der Waals surface area contributed by atoms with Crippen molar-refractivity contribution >= 4 is 76.0 Å². The number of aromatic nitrogens is 3. The molecule has 2 heterocycles. The van der Waals surface area contributed by atoms with Crippen LogP contribution in [0, 0.1) is 0 Å². The number of carbonyl (C=O) groups is 10. The van der Waals surface area contributed by atoms with Crippen LogP contribution in [-0.4, -0.2) is 147 Å². The topological polar surface area (TPSA) is 448 Å². The van der Waals surface area contributed by atoms with Crippen molar-refractivity contribution in [2.45, 2.75) is 133 Å². The summed E-state index contributed by atoms with van der Waals surface area (Å²) < 4.78 is 0. The zero-order valence-electron chi connectivity index (χ0n) is 44.3. The average molecular weight is 1100 g/mol. The highest BCUT2D eigenvalue weighted by Gasteiger charge is 2.35. The number of carboxylic acids is 1. The number of guanidine groups is 1. The number of fused-ring (bicyclic) bond motifs is 1. The molecule has 0 bridgehead atoms. The van der Waals surface area contributed by atoms with Crippen molar-refractivity contribution in [3.05, 3.63) is 90.1 Å². The summed E-state index contributed by atoms with van der Waals surface area (Å²) in [4.78, 5) is 149. The molecule has 4 aromatic rings. The molecule has 7 atom stereocenters. The van der Waals surface area contributed by atoms with E-state index in [1.165, 1.54) is 19.4 Å². The molecule has 0 unspecified atom stereocenters. The molecule has 19 N–H and O–H groups in total. The van der Waals surface area contributed by atoms with Gasteiger partial charge >= 0.3 is 5.97 Å². The zero-order chi connectivity index (χ0) is 57.9. The minimum Gasteiger partial charge on any atom is -0.481 e. The van der Waals surface area contributed by atoms with E-state index in [4.69, 9.17) is 22.9 Å². The van der Waals surface area contributed by atoms with E-state index in [0.29, 0.717) is 49.0 Å². The van der Waals surface area contributed by atoms with E-state index in [2.05, 4.69) is 62.5 Å². The molecule has 27 nitrogen and oxygen atoms in total. The lowest BCUT2D eigenvalue weighted by atomic mass is 10.0. The molecule has 79 heavy (non-hydrogen) atoms. The molecule has 0 fully saturated rings. The summed E-state index contributed by atoms with van der Waals surface area (Å²) in [6.07, 6.45) is 5.31. The molecule has 9 amide bonds. The van der Waals surface area contributed by atoms with Crippen LogP contribution in [0.15, 0.2) is 78.3 Å². The number of hydrogen-bond acceptors (Lipinski definition) is 13. The van der Waals surface area contributed by atoms with Gasteiger partial charge in [0.05, 0.1) is 19.3 Å². The highest BCUT2D eigenvalue weighted by Crippen LogP contribution is 2.20. The van der Waals surface area contributed by atoms with Crippen molar-refractivity contribution < 1.29 is 53.1 Å². The fraction of sp³-hybridized carbons (Fsp3) is 0.462. The van der Waals surface area contributed by atoms with Gasteiger partial charge in [-0.1, -0.05) is 68.3 Å². The first kappa shape index (κ1) is 62.7. The van der Waals surface area contributed by atoms with Crippen molar-refractivity contribution in [2.24, 2.45) is 27.9 Å². The van der Waals surface area contributed by atoms with Gasteiger partial charge in [-0.05, 0) is 62.3 Å². The van der Waals surface area contributed by atoms with E-state index < -0.39 is 114 Å². The third-order valence-electron chi connectivity index (χ3n) is 12.4. The number of aliphatic imine (C=N–C) groups is 1. The van der Waals surface area contributed by atoms with Gasteiger partial charge in [-0.2, -0.15) is 0 Å². The number of unbranched alkanes of at least 4 members (excludes halogenated alkanes) is 2. The van der Waals surface area contributed by atoms with Crippen LogP contribution in [0.25, 0.3) is 10.9 Å². The van der Waals surface area contributed by atoms with Crippen LogP contribution in [0.2, 0.25) is 0 Å². The number of para-hydroxylation sites is 1. The van der Waals surface area contributed by atoms with Crippen molar-refractivity contribution in [3.8, 4) is 0 Å². The summed E-state index contributed by atoms with van der Waals surface area (Å²) >= 11 is 0. The number of nitrogens with two attached hydrogens (primary N) is 4. The number of H-pyrrole nitrogens is 2. The Bertz CT molecular complexity index is 2710. The minimum absolute atomic E-state index is 0.0151. The predicted molar refractivity (Wildman–Crippen MR) is 290 cm³/mol. The molecule has 0 aliphatic rings. The number of amides is 9. The third kappa shape index (κ3) is 21.9. The highest BCUT2D eigenvalue weighted by molar-refractivity contribution is 5.99. The molecular formula is C52H74N16O11. The Morgan fingerprint density at radius 3 is 1.72 bits per heavy atom. The molecule has 27 heteroatoms. The maximum atomic E-state index is 14.8. The summed E-state index contributed by atoms with van der Waals surface area (Å²) in [5.41, 5.74) is 24.4. The largest absolute Gasteiger partial charge is 0.481 e. The van der Waals surface area contributed by atoms with Gasteiger partial charge in [-0.15, -0.1) is 0 Å². The van der Waals surface area contributed by atoms with Crippen molar-refractivity contribution in [3.63, 3.8) is 0 Å². The van der Waals surface area contributed by atoms with Crippen LogP contribution < -0.4 is 65.5 Å². The lowest BCUT2D eigenvalue weighted by Crippen LogP contribution is -2.61. The standard InChI is InChI=1S/C52H74N16O11/c1-3-4-16-37(62-30(2)69)46(74)68-42(25-44(71)72)51(79)67-41(24-33-27-57-29-61-33)50(78)65-39(22-31-13-6-5-7-14-31)48(76)64-38(19-12-21-58-52(55)56)47(75)66-40(23-32-26-59-35-17-9-8-15-34(32)35)49(77)63-36(18-10-11-20-53)45(73)60-28-43(54)70/h5-9,13-15,17,26-27,29,36-42,59H,3-4,10-12,16,18-25,28,53H2,1-2H3,(H2,54,70)(H,57,61)(H,60,73)(H,62,69)(H,63,77)(H,64,76)(H,65,78)(H,66,75)(H,67,79)(H,68,74)(H,71,72)(H4,55,56,58)/t36-,37-,38-,39+,40-,41-,42-/m0/s1. The quantitative estimate of drug-likeness (QED) is 0.0132. The Balaban J connectivity index is 1.70. The third-order valence-corrected chi connectivity index (χ3v) is 12.4. The number of benzene rings is 2. The van der Waals surface area contributed by atoms with E-state index in [9.17, 15) is 53.1 Å². The van der Waals surface area contributed by atoms with Gasteiger partial charge in [-0.25, -0.2) is 4.98 Å². The van der Waals surface area contributed by atoms with Crippen LogP contribution in [-0.2, 0) is 67.2 Å². The van der Waals surface area contributed by atoms with Crippen LogP contribution >= 0.6 is 0 Å². The van der Waals surface area contributed by atoms with E-state index in [0.717, 1.165) is 10.9 Å². The maximum Gasteiger partial charge on any atom is 0.305 e. The van der Waals surface area contributed by atoms with Crippen molar-refractivity contribution in [2.75, 3.05) is 19.6 Å². The SMILES string of the molecule is CCCC[C@H](NC(C)=O)C(=O)N[C@@H](CC(=O)O)C(=O)N[C@@H](Cc1cnc[nH]1)C(=O)N[C@H](Cc1ccccc1)C(=O)N[C@@H](CCCN=C(N)N)C(=O)N[C@@H](Cc1c[nH]c2ccccc12)C(=O)N[C@@H](CCCCN)C(=O)NCC(N)=O. The number of hydrogen-bond donors (Lipinski definition) is 15. The molecule has 0 aliphatic carbocycles. The summed E-state index contributed by atoms with van der Waals surface area (Å²) in [6, 6.07) is 5.90. The first-order chi connectivity index (χ1) is 37.8. The van der Waals surface area contributed by atoms with Gasteiger partial charge in [0.2, 0.25) is 53.2 Å². The van der Waals surface area contributed by atoms with Gasteiger partial charge in [0.15, 0.2) is 5.96 Å². The number of nitrogens with one attached hydrogen (secondary N) is 10. The van der Waals surface area contributed by atoms with Crippen molar-refractivity contribution in [1.82, 2.24) is 57.5 Å². The second-order valence-electron chi connectivity index (χ2n) is 18.8. The van der Waals surface area contributed by atoms with Crippen LogP contribution in [0.4, 0.5) is 0 Å². The second-order valence-corrected chi connectivity index (χ2v) is 18.8. The lowest BCUT2D eigenvalue weighted by molar-refractivity contribution is -0.141. The molecule has 4 rings (SSSR count). The Morgan fingerprint density at radius 1 is 0.608 bits per heavy atom. The number of primary amides is 1. The monoisotopic (exact) mass is 1100 g/mol. The van der Waals surface area contributed by atoms with Crippen LogP contribution in [0.3, 0.4) is 0 Å². The van der Waals surface area contributed by atoms with Gasteiger partial charge in [0, 0.05) is 61.7 Å². The number of rotatable bonds is 35. The highest BCUT2D eigenvalue weighted by atomic mass is 16.4. The van der Waals surface area contributed by atoms with E-state index in [1.54, 1.807) is 42.6 Å². The summed E-state index contributed by atoms with van der Waals surface area (Å²) in [7, 11) is 0. The first-order valence-corrected chi connectivity index (χ1v) is 26.0. The molecule has 0 saturated heterocycles. The fourth-order valence-electron chi connectivity index (χ4n) is 8.39. The van der Waals surface area contributed by atoms with E-state index in [-0.39, 0.29) is 57.5 Å². The predicted octanol–water partition coefficient (Wildman–Crippen LogP) is -2.22. The molecule has 0 radical (unpaired) electrons. The van der Waals surface area contributed by atoms with Gasteiger partial charge in [-0.3, -0.25) is 52.9 Å². The molecular weight excluding hydrogens is 1020 g/mol. The zero-order valence-corrected chi connectivity index (χ0v) is 44.3. The van der Waals surface area contributed by atoms with E-state index in [1.807, 2.05) is 25.1 Å². The smallest absolute Gasteiger partial charge is 0.305 e. The molecule has 2 aromatic carbocycles. The van der Waals surface area contributed by atoms with E-state index >= 15 is 0 Å². The Labute approximate surface area is 456 Å². The summed E-state index contributed by atoms with van der Waals surface area (Å²) in [5, 5.41) is 31.3. The van der Waals surface area contributed by atoms with Gasteiger partial charge < -0.3 is 80.5 Å². The average Bonchev–Trinajstić information content (AvgIpc) is 4.09. The molecule has 0 aliphatic heterocycles.